The van der Waals surface area contributed by atoms with Gasteiger partial charge in [-0.15, -0.1) is 0 Å². The van der Waals surface area contributed by atoms with Crippen LogP contribution in [0.1, 0.15) is 24.6 Å². The number of benzene rings is 1. The molecule has 0 aliphatic heterocycles. The van der Waals surface area contributed by atoms with Gasteiger partial charge in [0, 0.05) is 22.6 Å². The number of rotatable bonds is 3. The van der Waals surface area contributed by atoms with E-state index in [0.717, 1.165) is 29.4 Å². The van der Waals surface area contributed by atoms with Crippen molar-refractivity contribution >= 4 is 10.9 Å². The minimum Gasteiger partial charge on any atom is -0.358 e. The van der Waals surface area contributed by atoms with Gasteiger partial charge < -0.3 is 10.7 Å². The number of hydrogen-bond acceptors (Lipinski definition) is 1. The number of nitrogens with one attached hydrogen (secondary N) is 1. The van der Waals surface area contributed by atoms with Crippen molar-refractivity contribution < 1.29 is 4.39 Å². The molecule has 0 aliphatic carbocycles. The molecule has 2 rings (SSSR count). The molecule has 0 spiro atoms. The largest absolute Gasteiger partial charge is 0.358 e. The van der Waals surface area contributed by atoms with Crippen molar-refractivity contribution in [3.63, 3.8) is 0 Å². The van der Waals surface area contributed by atoms with Gasteiger partial charge >= 0.3 is 0 Å². The van der Waals surface area contributed by atoms with Crippen molar-refractivity contribution in [1.82, 2.24) is 4.98 Å². The van der Waals surface area contributed by atoms with Gasteiger partial charge in [-0.25, -0.2) is 4.39 Å². The van der Waals surface area contributed by atoms with Crippen LogP contribution in [0.15, 0.2) is 18.2 Å². The molecule has 0 bridgehead atoms. The number of halogens is 1. The van der Waals surface area contributed by atoms with E-state index in [1.54, 1.807) is 0 Å². The Bertz CT molecular complexity index is 500. The topological polar surface area (TPSA) is 41.8 Å². The molecule has 16 heavy (non-hydrogen) atoms. The van der Waals surface area contributed by atoms with Crippen LogP contribution in [-0.4, -0.2) is 11.0 Å². The molecule has 1 aromatic heterocycles. The number of nitrogens with two attached hydrogens (primary N) is 1. The summed E-state index contributed by atoms with van der Waals surface area (Å²) in [6.45, 7) is 4.03. The predicted octanol–water partition coefficient (Wildman–Crippen LogP) is 2.90. The molecule has 0 amide bonds. The lowest BCUT2D eigenvalue weighted by molar-refractivity contribution is 0.629. The fourth-order valence-corrected chi connectivity index (χ4v) is 2.06. The highest BCUT2D eigenvalue weighted by Crippen LogP contribution is 2.24. The van der Waals surface area contributed by atoms with Gasteiger partial charge in [0.2, 0.25) is 0 Å². The first-order valence-electron chi connectivity index (χ1n) is 5.60. The Labute approximate surface area is 94.7 Å². The second-order valence-corrected chi connectivity index (χ2v) is 4.43. The summed E-state index contributed by atoms with van der Waals surface area (Å²) in [7, 11) is 0. The quantitative estimate of drug-likeness (QED) is 0.820. The van der Waals surface area contributed by atoms with E-state index in [1.165, 1.54) is 17.7 Å². The van der Waals surface area contributed by atoms with Crippen LogP contribution in [0.4, 0.5) is 4.39 Å². The highest BCUT2D eigenvalue weighted by Gasteiger charge is 2.09. The lowest BCUT2D eigenvalue weighted by Crippen LogP contribution is -2.15. The Morgan fingerprint density at radius 2 is 2.19 bits per heavy atom. The average molecular weight is 220 g/mol. The summed E-state index contributed by atoms with van der Waals surface area (Å²) in [6, 6.07) is 5.08. The van der Waals surface area contributed by atoms with Crippen molar-refractivity contribution in [2.75, 3.05) is 0 Å². The van der Waals surface area contributed by atoms with Gasteiger partial charge in [0.25, 0.3) is 0 Å². The Balaban J connectivity index is 2.40. The first-order chi connectivity index (χ1) is 7.58. The number of aryl methyl sites for hydroxylation is 2. The molecular formula is C13H17FN2. The van der Waals surface area contributed by atoms with Gasteiger partial charge in [0.1, 0.15) is 5.82 Å². The van der Waals surface area contributed by atoms with Crippen LogP contribution in [0.25, 0.3) is 10.9 Å². The standard InChI is InChI=1S/C13H17FN2/c1-8(15)3-5-11-9(2)16-13-7-10(14)4-6-12(11)13/h4,6-8,16H,3,5,15H2,1-2H3. The summed E-state index contributed by atoms with van der Waals surface area (Å²) in [4.78, 5) is 3.21. The van der Waals surface area contributed by atoms with E-state index in [4.69, 9.17) is 5.73 Å². The van der Waals surface area contributed by atoms with E-state index >= 15 is 0 Å². The molecule has 1 unspecified atom stereocenters. The zero-order chi connectivity index (χ0) is 11.7. The minimum atomic E-state index is -0.201. The van der Waals surface area contributed by atoms with Crippen LogP contribution in [0.3, 0.4) is 0 Å². The second kappa shape index (κ2) is 4.26. The monoisotopic (exact) mass is 220 g/mol. The van der Waals surface area contributed by atoms with Crippen LogP contribution in [-0.2, 0) is 6.42 Å². The van der Waals surface area contributed by atoms with E-state index in [-0.39, 0.29) is 11.9 Å². The zero-order valence-electron chi connectivity index (χ0n) is 9.68. The van der Waals surface area contributed by atoms with Crippen molar-refractivity contribution in [3.8, 4) is 0 Å². The molecule has 1 heterocycles. The minimum absolute atomic E-state index is 0.199. The lowest BCUT2D eigenvalue weighted by atomic mass is 10.0. The van der Waals surface area contributed by atoms with E-state index in [1.807, 2.05) is 19.9 Å². The van der Waals surface area contributed by atoms with Gasteiger partial charge in [-0.05, 0) is 50.5 Å². The Hall–Kier alpha value is -1.35. The third-order valence-corrected chi connectivity index (χ3v) is 2.93. The van der Waals surface area contributed by atoms with Crippen molar-refractivity contribution in [2.45, 2.75) is 32.7 Å². The first-order valence-corrected chi connectivity index (χ1v) is 5.60. The summed E-state index contributed by atoms with van der Waals surface area (Å²) in [5.74, 6) is -0.201. The number of aromatic amines is 1. The van der Waals surface area contributed by atoms with Gasteiger partial charge in [0.05, 0.1) is 0 Å². The molecule has 1 aromatic carbocycles. The van der Waals surface area contributed by atoms with Crippen LogP contribution < -0.4 is 5.73 Å². The Morgan fingerprint density at radius 1 is 1.44 bits per heavy atom. The highest BCUT2D eigenvalue weighted by atomic mass is 19.1. The molecule has 0 saturated carbocycles. The summed E-state index contributed by atoms with van der Waals surface area (Å²) < 4.78 is 13.1. The third kappa shape index (κ3) is 2.09. The van der Waals surface area contributed by atoms with Crippen molar-refractivity contribution in [2.24, 2.45) is 5.73 Å². The Morgan fingerprint density at radius 3 is 2.88 bits per heavy atom. The number of fused-ring (bicyclic) bond motifs is 1. The summed E-state index contributed by atoms with van der Waals surface area (Å²) >= 11 is 0. The van der Waals surface area contributed by atoms with Crippen LogP contribution in [0, 0.1) is 12.7 Å². The smallest absolute Gasteiger partial charge is 0.125 e. The molecular weight excluding hydrogens is 203 g/mol. The number of aromatic nitrogens is 1. The SMILES string of the molecule is Cc1[nH]c2cc(F)ccc2c1CCC(C)N. The van der Waals surface area contributed by atoms with E-state index in [2.05, 4.69) is 4.98 Å². The zero-order valence-corrected chi connectivity index (χ0v) is 9.68. The molecule has 2 nitrogen and oxygen atoms in total. The molecule has 0 aliphatic rings. The molecule has 86 valence electrons. The van der Waals surface area contributed by atoms with Crippen LogP contribution in [0.5, 0.6) is 0 Å². The summed E-state index contributed by atoms with van der Waals surface area (Å²) in [5, 5.41) is 1.11. The van der Waals surface area contributed by atoms with E-state index < -0.39 is 0 Å². The fraction of sp³-hybridized carbons (Fsp3) is 0.385. The normalized spacial score (nSPS) is 13.2. The third-order valence-electron chi connectivity index (χ3n) is 2.93. The van der Waals surface area contributed by atoms with Crippen molar-refractivity contribution in [3.05, 3.63) is 35.3 Å². The van der Waals surface area contributed by atoms with Gasteiger partial charge in [0.15, 0.2) is 0 Å². The number of hydrogen-bond donors (Lipinski definition) is 2. The van der Waals surface area contributed by atoms with Crippen molar-refractivity contribution in [1.29, 1.82) is 0 Å². The van der Waals surface area contributed by atoms with Gasteiger partial charge in [-0.1, -0.05) is 0 Å². The molecule has 0 saturated heterocycles. The van der Waals surface area contributed by atoms with Crippen LogP contribution >= 0.6 is 0 Å². The van der Waals surface area contributed by atoms with E-state index in [9.17, 15) is 4.39 Å². The fourth-order valence-electron chi connectivity index (χ4n) is 2.06. The van der Waals surface area contributed by atoms with Gasteiger partial charge in [-0.2, -0.15) is 0 Å². The molecule has 1 atom stereocenters. The molecule has 3 heteroatoms. The highest BCUT2D eigenvalue weighted by molar-refractivity contribution is 5.84. The number of H-pyrrole nitrogens is 1. The molecule has 0 radical (unpaired) electrons. The lowest BCUT2D eigenvalue weighted by Gasteiger charge is -2.04. The molecule has 2 aromatic rings. The predicted molar refractivity (Wildman–Crippen MR) is 65.0 cm³/mol. The second-order valence-electron chi connectivity index (χ2n) is 4.43. The first kappa shape index (κ1) is 11.1. The Kier molecular flexibility index (Phi) is 2.97. The van der Waals surface area contributed by atoms with E-state index in [0.29, 0.717) is 0 Å². The van der Waals surface area contributed by atoms with Gasteiger partial charge in [-0.3, -0.25) is 0 Å². The molecule has 3 N–H and O–H groups in total. The van der Waals surface area contributed by atoms with Crippen LogP contribution in [0.2, 0.25) is 0 Å². The molecule has 0 fully saturated rings. The average Bonchev–Trinajstić information content (AvgIpc) is 2.50. The maximum Gasteiger partial charge on any atom is 0.125 e. The summed E-state index contributed by atoms with van der Waals surface area (Å²) in [6.07, 6.45) is 1.89. The maximum absolute atomic E-state index is 13.1. The maximum atomic E-state index is 13.1. The summed E-state index contributed by atoms with van der Waals surface area (Å²) in [5.41, 5.74) is 9.00.